The Bertz CT molecular complexity index is 966. The van der Waals surface area contributed by atoms with Crippen molar-refractivity contribution in [2.24, 2.45) is 5.73 Å². The molecule has 3 rings (SSSR count). The first-order valence-electron chi connectivity index (χ1n) is 9.12. The van der Waals surface area contributed by atoms with Crippen LogP contribution < -0.4 is 20.5 Å². The van der Waals surface area contributed by atoms with Crippen LogP contribution in [0.4, 0.5) is 0 Å². The van der Waals surface area contributed by atoms with Gasteiger partial charge in [0.15, 0.2) is 18.1 Å². The summed E-state index contributed by atoms with van der Waals surface area (Å²) in [5, 5.41) is 2.90. The molecular formula is C22H23N3O4. The third kappa shape index (κ3) is 5.62. The van der Waals surface area contributed by atoms with Crippen molar-refractivity contribution in [1.29, 1.82) is 0 Å². The van der Waals surface area contributed by atoms with Crippen LogP contribution in [0.15, 0.2) is 67.0 Å². The summed E-state index contributed by atoms with van der Waals surface area (Å²) in [4.78, 5) is 23.1. The molecule has 0 aliphatic heterocycles. The fraction of sp³-hybridized carbons (Fsp3) is 0.182. The number of hydrogen-bond acceptors (Lipinski definition) is 4. The molecule has 29 heavy (non-hydrogen) atoms. The van der Waals surface area contributed by atoms with Crippen LogP contribution >= 0.6 is 0 Å². The third-order valence-corrected chi connectivity index (χ3v) is 4.29. The number of methoxy groups -OCH3 is 1. The van der Waals surface area contributed by atoms with Gasteiger partial charge in [0.2, 0.25) is 5.91 Å². The smallest absolute Gasteiger partial charge is 0.255 e. The summed E-state index contributed by atoms with van der Waals surface area (Å²) >= 11 is 0. The van der Waals surface area contributed by atoms with Gasteiger partial charge in [0, 0.05) is 24.6 Å². The van der Waals surface area contributed by atoms with Gasteiger partial charge in [0.25, 0.3) is 5.91 Å². The number of primary amides is 1. The van der Waals surface area contributed by atoms with Crippen molar-refractivity contribution >= 4 is 11.8 Å². The molecule has 150 valence electrons. The number of carbonyl (C=O) groups is 2. The molecule has 0 saturated heterocycles. The monoisotopic (exact) mass is 393 g/mol. The summed E-state index contributed by atoms with van der Waals surface area (Å²) in [5.41, 5.74) is 7.92. The molecule has 0 saturated carbocycles. The molecule has 0 aliphatic rings. The molecule has 1 heterocycles. The third-order valence-electron chi connectivity index (χ3n) is 4.29. The highest BCUT2D eigenvalue weighted by atomic mass is 16.5. The van der Waals surface area contributed by atoms with Crippen LogP contribution in [0, 0.1) is 0 Å². The number of carbonyl (C=O) groups excluding carboxylic acids is 2. The second kappa shape index (κ2) is 9.45. The number of hydrogen-bond donors (Lipinski definition) is 2. The zero-order valence-electron chi connectivity index (χ0n) is 16.1. The summed E-state index contributed by atoms with van der Waals surface area (Å²) in [7, 11) is 1.51. The summed E-state index contributed by atoms with van der Waals surface area (Å²) < 4.78 is 12.6. The minimum absolute atomic E-state index is 0.0771. The van der Waals surface area contributed by atoms with Gasteiger partial charge in [-0.15, -0.1) is 0 Å². The first kappa shape index (κ1) is 20.0. The van der Waals surface area contributed by atoms with Crippen molar-refractivity contribution < 1.29 is 19.1 Å². The zero-order valence-corrected chi connectivity index (χ0v) is 16.1. The topological polar surface area (TPSA) is 95.6 Å². The van der Waals surface area contributed by atoms with Crippen LogP contribution in [-0.2, 0) is 22.6 Å². The zero-order chi connectivity index (χ0) is 20.6. The molecule has 3 N–H and O–H groups in total. The Hall–Kier alpha value is -3.74. The Kier molecular flexibility index (Phi) is 6.52. The van der Waals surface area contributed by atoms with E-state index >= 15 is 0 Å². The molecule has 2 aromatic carbocycles. The van der Waals surface area contributed by atoms with E-state index in [1.807, 2.05) is 53.4 Å². The van der Waals surface area contributed by atoms with Gasteiger partial charge in [-0.3, -0.25) is 9.59 Å². The quantitative estimate of drug-likeness (QED) is 0.583. The molecule has 1 aromatic heterocycles. The van der Waals surface area contributed by atoms with E-state index in [9.17, 15) is 9.59 Å². The number of nitrogens with one attached hydrogen (secondary N) is 1. The fourth-order valence-corrected chi connectivity index (χ4v) is 2.83. The summed E-state index contributed by atoms with van der Waals surface area (Å²) in [6.45, 7) is 0.127. The lowest BCUT2D eigenvalue weighted by atomic mass is 10.1. The van der Waals surface area contributed by atoms with Crippen LogP contribution in [0.3, 0.4) is 0 Å². The van der Waals surface area contributed by atoms with E-state index in [2.05, 4.69) is 5.32 Å². The maximum Gasteiger partial charge on any atom is 0.255 e. The molecule has 7 heteroatoms. The Morgan fingerprint density at radius 2 is 1.69 bits per heavy atom. The van der Waals surface area contributed by atoms with Gasteiger partial charge in [-0.25, -0.2) is 0 Å². The predicted octanol–water partition coefficient (Wildman–Crippen LogP) is 2.21. The predicted molar refractivity (Wildman–Crippen MR) is 109 cm³/mol. The van der Waals surface area contributed by atoms with Crippen molar-refractivity contribution in [3.63, 3.8) is 0 Å². The van der Waals surface area contributed by atoms with Crippen molar-refractivity contribution in [2.75, 3.05) is 13.7 Å². The van der Waals surface area contributed by atoms with E-state index in [0.717, 1.165) is 16.8 Å². The number of rotatable bonds is 9. The van der Waals surface area contributed by atoms with E-state index in [4.69, 9.17) is 15.2 Å². The van der Waals surface area contributed by atoms with E-state index in [1.54, 1.807) is 18.2 Å². The van der Waals surface area contributed by atoms with Crippen LogP contribution in [-0.4, -0.2) is 30.1 Å². The van der Waals surface area contributed by atoms with E-state index < -0.39 is 5.91 Å². The van der Waals surface area contributed by atoms with Crippen molar-refractivity contribution in [3.8, 4) is 17.2 Å². The van der Waals surface area contributed by atoms with E-state index in [-0.39, 0.29) is 12.5 Å². The lowest BCUT2D eigenvalue weighted by molar-refractivity contribution is -0.121. The van der Waals surface area contributed by atoms with Gasteiger partial charge in [0.05, 0.1) is 13.5 Å². The highest BCUT2D eigenvalue weighted by Crippen LogP contribution is 2.28. The van der Waals surface area contributed by atoms with Crippen molar-refractivity contribution in [2.45, 2.75) is 13.0 Å². The van der Waals surface area contributed by atoms with Gasteiger partial charge in [-0.1, -0.05) is 18.2 Å². The van der Waals surface area contributed by atoms with Crippen LogP contribution in [0.1, 0.15) is 11.1 Å². The Morgan fingerprint density at radius 3 is 2.34 bits per heavy atom. The number of nitrogens with zero attached hydrogens (tertiary/aromatic N) is 1. The Balaban J connectivity index is 1.54. The second-order valence-corrected chi connectivity index (χ2v) is 6.45. The highest BCUT2D eigenvalue weighted by Gasteiger charge is 2.09. The number of ether oxygens (including phenoxy) is 2. The molecule has 0 atom stereocenters. The number of amides is 2. The van der Waals surface area contributed by atoms with E-state index in [1.165, 1.54) is 7.11 Å². The Labute approximate surface area is 169 Å². The maximum absolute atomic E-state index is 12.3. The van der Waals surface area contributed by atoms with Crippen molar-refractivity contribution in [3.05, 3.63) is 78.1 Å². The van der Waals surface area contributed by atoms with Gasteiger partial charge >= 0.3 is 0 Å². The van der Waals surface area contributed by atoms with Crippen molar-refractivity contribution in [1.82, 2.24) is 9.88 Å². The average Bonchev–Trinajstić information content (AvgIpc) is 3.26. The molecule has 0 spiro atoms. The minimum atomic E-state index is -0.565. The molecule has 0 bridgehead atoms. The highest BCUT2D eigenvalue weighted by molar-refractivity contribution is 5.78. The molecule has 0 radical (unpaired) electrons. The van der Waals surface area contributed by atoms with Gasteiger partial charge in [-0.2, -0.15) is 0 Å². The number of aromatic nitrogens is 1. The van der Waals surface area contributed by atoms with Crippen LogP contribution in [0.5, 0.6) is 11.5 Å². The lowest BCUT2D eigenvalue weighted by Gasteiger charge is -2.12. The molecule has 7 nitrogen and oxygen atoms in total. The average molecular weight is 393 g/mol. The minimum Gasteiger partial charge on any atom is -0.493 e. The molecule has 0 aliphatic carbocycles. The lowest BCUT2D eigenvalue weighted by Crippen LogP contribution is -2.24. The standard InChI is InChI=1S/C22H23N3O4/c1-28-20-12-17(6-9-19(20)29-15-21(23)26)14-24-22(27)13-16-4-7-18(8-5-16)25-10-2-3-11-25/h2-12H,13-15H2,1H3,(H2,23,26)(H,24,27). The normalized spacial score (nSPS) is 10.4. The van der Waals surface area contributed by atoms with Gasteiger partial charge < -0.3 is 25.1 Å². The fourth-order valence-electron chi connectivity index (χ4n) is 2.83. The summed E-state index contributed by atoms with van der Waals surface area (Å²) in [6.07, 6.45) is 4.24. The first-order chi connectivity index (χ1) is 14.0. The molecule has 0 unspecified atom stereocenters. The van der Waals surface area contributed by atoms with E-state index in [0.29, 0.717) is 24.5 Å². The van der Waals surface area contributed by atoms with Gasteiger partial charge in [-0.05, 0) is 47.5 Å². The SMILES string of the molecule is COc1cc(CNC(=O)Cc2ccc(-n3cccc3)cc2)ccc1OCC(N)=O. The number of benzene rings is 2. The molecule has 0 fully saturated rings. The first-order valence-corrected chi connectivity index (χ1v) is 9.12. The second-order valence-electron chi connectivity index (χ2n) is 6.45. The summed E-state index contributed by atoms with van der Waals surface area (Å²) in [5.74, 6) is 0.249. The number of nitrogens with two attached hydrogens (primary N) is 1. The summed E-state index contributed by atoms with van der Waals surface area (Å²) in [6, 6.07) is 17.0. The molecular weight excluding hydrogens is 370 g/mol. The largest absolute Gasteiger partial charge is 0.493 e. The Morgan fingerprint density at radius 1 is 1.00 bits per heavy atom. The van der Waals surface area contributed by atoms with Crippen LogP contribution in [0.25, 0.3) is 5.69 Å². The maximum atomic E-state index is 12.3. The van der Waals surface area contributed by atoms with Gasteiger partial charge in [0.1, 0.15) is 0 Å². The molecule has 3 aromatic rings. The van der Waals surface area contributed by atoms with Crippen LogP contribution in [0.2, 0.25) is 0 Å². The molecule has 2 amide bonds.